The van der Waals surface area contributed by atoms with E-state index >= 15 is 0 Å². The van der Waals surface area contributed by atoms with E-state index in [2.05, 4.69) is 21.2 Å². The number of carbonyl (C=O) groups is 3. The second-order valence-corrected chi connectivity index (χ2v) is 10.6. The fourth-order valence-corrected chi connectivity index (χ4v) is 5.20. The third kappa shape index (κ3) is 5.42. The number of nitrogens with one attached hydrogen (secondary N) is 1. The summed E-state index contributed by atoms with van der Waals surface area (Å²) in [5.74, 6) is -1.75. The molecular weight excluding hydrogens is 564 g/mol. The van der Waals surface area contributed by atoms with Crippen molar-refractivity contribution in [2.45, 2.75) is 18.7 Å². The standard InChI is InChI=1S/C26H21BrN2O7S/c1-15-7-9-19(10-8-15)37(33,34)36-23-21(27)13-17(14-22(23)35-3)12-20-24(30)28-26(32)29(25(20)31)18-6-4-5-16(2)11-18/h4-14H,1-3H3,(H,28,30,32)/b20-12+. The summed E-state index contributed by atoms with van der Waals surface area (Å²) in [5, 5.41) is 2.17. The summed E-state index contributed by atoms with van der Waals surface area (Å²) < 4.78 is 36.5. The van der Waals surface area contributed by atoms with Gasteiger partial charge in [0, 0.05) is 0 Å². The molecule has 3 aromatic rings. The zero-order chi connectivity index (χ0) is 26.9. The lowest BCUT2D eigenvalue weighted by Crippen LogP contribution is -2.54. The van der Waals surface area contributed by atoms with Gasteiger partial charge < -0.3 is 8.92 Å². The van der Waals surface area contributed by atoms with Crippen molar-refractivity contribution in [1.29, 1.82) is 0 Å². The molecule has 0 spiro atoms. The number of ether oxygens (including phenoxy) is 1. The number of imide groups is 2. The second kappa shape index (κ2) is 10.2. The Balaban J connectivity index is 1.70. The number of rotatable bonds is 6. The monoisotopic (exact) mass is 584 g/mol. The van der Waals surface area contributed by atoms with Crippen molar-refractivity contribution in [2.75, 3.05) is 12.0 Å². The van der Waals surface area contributed by atoms with Gasteiger partial charge in [-0.2, -0.15) is 8.42 Å². The van der Waals surface area contributed by atoms with Crippen LogP contribution >= 0.6 is 15.9 Å². The average molecular weight is 585 g/mol. The first-order valence-electron chi connectivity index (χ1n) is 10.9. The third-order valence-electron chi connectivity index (χ3n) is 5.43. The van der Waals surface area contributed by atoms with Gasteiger partial charge in [0.2, 0.25) is 0 Å². The molecule has 190 valence electrons. The minimum atomic E-state index is -4.18. The number of urea groups is 1. The predicted molar refractivity (Wildman–Crippen MR) is 140 cm³/mol. The van der Waals surface area contributed by atoms with Crippen molar-refractivity contribution in [3.05, 3.63) is 87.4 Å². The molecule has 0 aromatic heterocycles. The van der Waals surface area contributed by atoms with Crippen LogP contribution in [-0.4, -0.2) is 33.4 Å². The van der Waals surface area contributed by atoms with Gasteiger partial charge in [0.05, 0.1) is 17.3 Å². The van der Waals surface area contributed by atoms with E-state index in [-0.39, 0.29) is 26.4 Å². The first-order chi connectivity index (χ1) is 17.5. The van der Waals surface area contributed by atoms with Crippen molar-refractivity contribution in [2.24, 2.45) is 0 Å². The van der Waals surface area contributed by atoms with Gasteiger partial charge in [-0.1, -0.05) is 29.8 Å². The van der Waals surface area contributed by atoms with Gasteiger partial charge in [0.15, 0.2) is 11.5 Å². The Kier molecular flexibility index (Phi) is 7.19. The number of barbiturate groups is 1. The van der Waals surface area contributed by atoms with Gasteiger partial charge >= 0.3 is 16.1 Å². The molecule has 0 saturated carbocycles. The van der Waals surface area contributed by atoms with Crippen molar-refractivity contribution < 1.29 is 31.7 Å². The van der Waals surface area contributed by atoms with Crippen LogP contribution in [0.4, 0.5) is 10.5 Å². The van der Waals surface area contributed by atoms with E-state index in [1.54, 1.807) is 30.3 Å². The van der Waals surface area contributed by atoms with Gasteiger partial charge in [0.25, 0.3) is 11.8 Å². The minimum Gasteiger partial charge on any atom is -0.493 e. The number of nitrogens with zero attached hydrogens (tertiary/aromatic N) is 1. The van der Waals surface area contributed by atoms with Crippen LogP contribution < -0.4 is 19.1 Å². The Hall–Kier alpha value is -3.96. The summed E-state index contributed by atoms with van der Waals surface area (Å²) in [6, 6.07) is 14.9. The van der Waals surface area contributed by atoms with E-state index in [0.29, 0.717) is 11.3 Å². The lowest BCUT2D eigenvalue weighted by atomic mass is 10.1. The summed E-state index contributed by atoms with van der Waals surface area (Å²) >= 11 is 3.29. The van der Waals surface area contributed by atoms with E-state index in [1.165, 1.54) is 37.5 Å². The molecule has 37 heavy (non-hydrogen) atoms. The van der Waals surface area contributed by atoms with E-state index in [4.69, 9.17) is 8.92 Å². The summed E-state index contributed by atoms with van der Waals surface area (Å²) in [6.45, 7) is 3.64. The van der Waals surface area contributed by atoms with Gasteiger partial charge in [-0.05, 0) is 83.4 Å². The first kappa shape index (κ1) is 26.1. The largest absolute Gasteiger partial charge is 0.493 e. The number of benzene rings is 3. The smallest absolute Gasteiger partial charge is 0.339 e. The van der Waals surface area contributed by atoms with Crippen LogP contribution in [0.1, 0.15) is 16.7 Å². The quantitative estimate of drug-likeness (QED) is 0.257. The zero-order valence-electron chi connectivity index (χ0n) is 19.9. The van der Waals surface area contributed by atoms with E-state index < -0.39 is 28.0 Å². The summed E-state index contributed by atoms with van der Waals surface area (Å²) in [6.07, 6.45) is 1.28. The highest BCUT2D eigenvalue weighted by atomic mass is 79.9. The molecule has 3 aromatic carbocycles. The number of halogens is 1. The van der Waals surface area contributed by atoms with Gasteiger partial charge in [-0.25, -0.2) is 9.69 Å². The number of aryl methyl sites for hydroxylation is 2. The topological polar surface area (TPSA) is 119 Å². The molecule has 4 rings (SSSR count). The van der Waals surface area contributed by atoms with E-state index in [1.807, 2.05) is 19.9 Å². The molecule has 0 radical (unpaired) electrons. The Labute approximate surface area is 221 Å². The van der Waals surface area contributed by atoms with Crippen molar-refractivity contribution in [3.8, 4) is 11.5 Å². The molecule has 1 aliphatic heterocycles. The molecule has 1 N–H and O–H groups in total. The predicted octanol–water partition coefficient (Wildman–Crippen LogP) is 4.51. The molecular formula is C26H21BrN2O7S. The SMILES string of the molecule is COc1cc(/C=C2\C(=O)NC(=O)N(c3cccc(C)c3)C2=O)cc(Br)c1OS(=O)(=O)c1ccc(C)cc1. The van der Waals surface area contributed by atoms with Crippen molar-refractivity contribution in [3.63, 3.8) is 0 Å². The van der Waals surface area contributed by atoms with Crippen LogP contribution in [0, 0.1) is 13.8 Å². The highest BCUT2D eigenvalue weighted by Crippen LogP contribution is 2.39. The molecule has 1 saturated heterocycles. The molecule has 4 amide bonds. The van der Waals surface area contributed by atoms with Crippen molar-refractivity contribution >= 4 is 55.7 Å². The molecule has 0 aliphatic carbocycles. The summed E-state index contributed by atoms with van der Waals surface area (Å²) in [7, 11) is -2.86. The molecule has 0 bridgehead atoms. The maximum Gasteiger partial charge on any atom is 0.339 e. The maximum absolute atomic E-state index is 13.2. The minimum absolute atomic E-state index is 0.0344. The normalized spacial score (nSPS) is 15.1. The molecule has 1 aliphatic rings. The van der Waals surface area contributed by atoms with Crippen LogP contribution in [0.3, 0.4) is 0 Å². The molecule has 0 atom stereocenters. The Morgan fingerprint density at radius 3 is 2.30 bits per heavy atom. The number of amides is 4. The van der Waals surface area contributed by atoms with Crippen LogP contribution in [0.2, 0.25) is 0 Å². The molecule has 9 nitrogen and oxygen atoms in total. The fraction of sp³-hybridized carbons (Fsp3) is 0.115. The van der Waals surface area contributed by atoms with Crippen LogP contribution in [0.15, 0.2) is 75.6 Å². The van der Waals surface area contributed by atoms with Gasteiger partial charge in [0.1, 0.15) is 10.5 Å². The zero-order valence-corrected chi connectivity index (χ0v) is 22.3. The lowest BCUT2D eigenvalue weighted by Gasteiger charge is -2.26. The van der Waals surface area contributed by atoms with Crippen LogP contribution in [-0.2, 0) is 19.7 Å². The fourth-order valence-electron chi connectivity index (χ4n) is 3.59. The van der Waals surface area contributed by atoms with Crippen LogP contribution in [0.25, 0.3) is 6.08 Å². The average Bonchev–Trinajstić information content (AvgIpc) is 2.83. The van der Waals surface area contributed by atoms with Gasteiger partial charge in [-0.3, -0.25) is 14.9 Å². The number of hydrogen-bond acceptors (Lipinski definition) is 7. The first-order valence-corrected chi connectivity index (χ1v) is 13.1. The summed E-state index contributed by atoms with van der Waals surface area (Å²) in [5.41, 5.74) is 2.05. The van der Waals surface area contributed by atoms with E-state index in [9.17, 15) is 22.8 Å². The molecule has 0 unspecified atom stereocenters. The van der Waals surface area contributed by atoms with E-state index in [0.717, 1.165) is 16.0 Å². The Morgan fingerprint density at radius 1 is 0.946 bits per heavy atom. The number of methoxy groups -OCH3 is 1. The highest BCUT2D eigenvalue weighted by molar-refractivity contribution is 9.10. The lowest BCUT2D eigenvalue weighted by molar-refractivity contribution is -0.122. The highest BCUT2D eigenvalue weighted by Gasteiger charge is 2.37. The number of carbonyl (C=O) groups excluding carboxylic acids is 3. The van der Waals surface area contributed by atoms with Crippen LogP contribution in [0.5, 0.6) is 11.5 Å². The Morgan fingerprint density at radius 2 is 1.65 bits per heavy atom. The molecule has 11 heteroatoms. The number of anilines is 1. The van der Waals surface area contributed by atoms with Crippen molar-refractivity contribution in [1.82, 2.24) is 5.32 Å². The second-order valence-electron chi connectivity index (χ2n) is 8.18. The number of hydrogen-bond donors (Lipinski definition) is 1. The Bertz CT molecular complexity index is 1560. The van der Waals surface area contributed by atoms with Gasteiger partial charge in [-0.15, -0.1) is 0 Å². The third-order valence-corrected chi connectivity index (χ3v) is 7.25. The molecule has 1 heterocycles. The summed E-state index contributed by atoms with van der Waals surface area (Å²) in [4.78, 5) is 39.0. The molecule has 1 fully saturated rings. The maximum atomic E-state index is 13.2.